The predicted octanol–water partition coefficient (Wildman–Crippen LogP) is -0.628. The molecule has 0 aromatic carbocycles. The smallest absolute Gasteiger partial charge is 0.269 e. The van der Waals surface area contributed by atoms with E-state index in [-0.39, 0.29) is 36.4 Å². The zero-order valence-electron chi connectivity index (χ0n) is 16.8. The molecule has 0 spiro atoms. The van der Waals surface area contributed by atoms with Gasteiger partial charge in [0.1, 0.15) is 18.7 Å². The molecule has 1 aliphatic carbocycles. The summed E-state index contributed by atoms with van der Waals surface area (Å²) in [7, 11) is 0. The second-order valence-corrected chi connectivity index (χ2v) is 8.15. The first-order valence-electron chi connectivity index (χ1n) is 9.67. The van der Waals surface area contributed by atoms with E-state index in [1.54, 1.807) is 0 Å². The lowest BCUT2D eigenvalue weighted by Crippen LogP contribution is -2.50. The Morgan fingerprint density at radius 1 is 1.31 bits per heavy atom. The Morgan fingerprint density at radius 3 is 2.72 bits per heavy atom. The first kappa shape index (κ1) is 20.9. The van der Waals surface area contributed by atoms with Crippen molar-refractivity contribution in [1.82, 2.24) is 25.4 Å². The molecule has 12 nitrogen and oxygen atoms in total. The Bertz CT molecular complexity index is 793. The highest BCUT2D eigenvalue weighted by molar-refractivity contribution is 6.03. The SMILES string of the molecule is CC(C)(N)CC1=NC(=O)CN1N/C(N)=N/c1ncnc(NC2CCC(N)CC2)n1. The van der Waals surface area contributed by atoms with Crippen molar-refractivity contribution in [2.75, 3.05) is 11.9 Å². The van der Waals surface area contributed by atoms with Crippen LogP contribution >= 0.6 is 0 Å². The average molecular weight is 403 g/mol. The van der Waals surface area contributed by atoms with E-state index in [1.165, 1.54) is 11.3 Å². The normalized spacial score (nSPS) is 23.2. The van der Waals surface area contributed by atoms with Gasteiger partial charge in [-0.25, -0.2) is 4.98 Å². The maximum atomic E-state index is 11.7. The fourth-order valence-electron chi connectivity index (χ4n) is 3.24. The molecule has 3 rings (SSSR count). The number of rotatable bonds is 6. The van der Waals surface area contributed by atoms with Crippen LogP contribution < -0.4 is 27.9 Å². The molecule has 0 atom stereocenters. The lowest BCUT2D eigenvalue weighted by molar-refractivity contribution is -0.117. The third-order valence-electron chi connectivity index (χ3n) is 4.61. The van der Waals surface area contributed by atoms with E-state index in [1.807, 2.05) is 13.8 Å². The Kier molecular flexibility index (Phi) is 6.23. The minimum Gasteiger partial charge on any atom is -0.368 e. The van der Waals surface area contributed by atoms with E-state index < -0.39 is 5.54 Å². The maximum absolute atomic E-state index is 11.7. The van der Waals surface area contributed by atoms with Crippen LogP contribution in [0.25, 0.3) is 0 Å². The molecule has 0 unspecified atom stereocenters. The van der Waals surface area contributed by atoms with E-state index >= 15 is 0 Å². The summed E-state index contributed by atoms with van der Waals surface area (Å²) in [6, 6.07) is 0.548. The van der Waals surface area contributed by atoms with Gasteiger partial charge in [0.05, 0.1) is 0 Å². The van der Waals surface area contributed by atoms with Gasteiger partial charge in [-0.2, -0.15) is 20.0 Å². The van der Waals surface area contributed by atoms with Crippen LogP contribution in [0.15, 0.2) is 16.3 Å². The minimum atomic E-state index is -0.521. The second kappa shape index (κ2) is 8.66. The molecule has 29 heavy (non-hydrogen) atoms. The summed E-state index contributed by atoms with van der Waals surface area (Å²) in [5, 5.41) is 4.82. The number of guanidine groups is 1. The van der Waals surface area contributed by atoms with E-state index in [4.69, 9.17) is 17.2 Å². The van der Waals surface area contributed by atoms with Crippen LogP contribution in [0.4, 0.5) is 11.9 Å². The predicted molar refractivity (Wildman–Crippen MR) is 110 cm³/mol. The number of hydrogen-bond acceptors (Lipinski definition) is 9. The Balaban J connectivity index is 1.62. The number of hydrazine groups is 1. The molecule has 158 valence electrons. The topological polar surface area (TPSA) is 186 Å². The lowest BCUT2D eigenvalue weighted by Gasteiger charge is -2.26. The number of hydrogen-bond donors (Lipinski definition) is 5. The molecule has 1 aromatic heterocycles. The van der Waals surface area contributed by atoms with Crippen LogP contribution in [0.5, 0.6) is 0 Å². The Morgan fingerprint density at radius 2 is 2.03 bits per heavy atom. The molecule has 2 heterocycles. The third kappa shape index (κ3) is 6.32. The highest BCUT2D eigenvalue weighted by atomic mass is 16.2. The standard InChI is InChI=1S/C17H29N11O/c1-17(2,20)7-12-24-13(29)8-28(12)27-14(19)25-16-22-9-21-15(26-16)23-11-5-3-10(18)4-6-11/h9-11H,3-8,18,20H2,1-2H3,(H4,19,21,22,23,25,26,27). The number of nitrogens with zero attached hydrogens (tertiary/aromatic N) is 6. The summed E-state index contributed by atoms with van der Waals surface area (Å²) in [6.07, 6.45) is 5.67. The van der Waals surface area contributed by atoms with Crippen molar-refractivity contribution in [2.24, 2.45) is 27.2 Å². The van der Waals surface area contributed by atoms with Crippen LogP contribution in [-0.2, 0) is 4.79 Å². The lowest BCUT2D eigenvalue weighted by atomic mass is 9.92. The summed E-state index contributed by atoms with van der Waals surface area (Å²) < 4.78 is 0. The molecule has 0 radical (unpaired) electrons. The monoisotopic (exact) mass is 403 g/mol. The quantitative estimate of drug-likeness (QED) is 0.302. The number of amidine groups is 1. The van der Waals surface area contributed by atoms with Crippen LogP contribution in [-0.4, -0.2) is 61.8 Å². The highest BCUT2D eigenvalue weighted by Gasteiger charge is 2.28. The van der Waals surface area contributed by atoms with Gasteiger partial charge in [-0.15, -0.1) is 0 Å². The summed E-state index contributed by atoms with van der Waals surface area (Å²) in [5.41, 5.74) is 20.3. The van der Waals surface area contributed by atoms with Crippen molar-refractivity contribution in [3.63, 3.8) is 0 Å². The average Bonchev–Trinajstić information content (AvgIpc) is 2.94. The summed E-state index contributed by atoms with van der Waals surface area (Å²) in [6.45, 7) is 3.76. The van der Waals surface area contributed by atoms with Gasteiger partial charge in [0.25, 0.3) is 11.9 Å². The van der Waals surface area contributed by atoms with Crippen molar-refractivity contribution in [3.8, 4) is 0 Å². The molecule has 12 heteroatoms. The fourth-order valence-corrected chi connectivity index (χ4v) is 3.24. The summed E-state index contributed by atoms with van der Waals surface area (Å²) >= 11 is 0. The van der Waals surface area contributed by atoms with E-state index in [0.717, 1.165) is 25.7 Å². The largest absolute Gasteiger partial charge is 0.368 e. The van der Waals surface area contributed by atoms with Crippen molar-refractivity contribution < 1.29 is 4.79 Å². The van der Waals surface area contributed by atoms with Gasteiger partial charge >= 0.3 is 0 Å². The molecule has 2 aliphatic rings. The number of amides is 1. The van der Waals surface area contributed by atoms with Crippen molar-refractivity contribution in [3.05, 3.63) is 6.33 Å². The maximum Gasteiger partial charge on any atom is 0.269 e. The van der Waals surface area contributed by atoms with E-state index in [2.05, 4.69) is 35.7 Å². The van der Waals surface area contributed by atoms with Gasteiger partial charge in [0.15, 0.2) is 0 Å². The van der Waals surface area contributed by atoms with Gasteiger partial charge in [-0.3, -0.25) is 15.2 Å². The second-order valence-electron chi connectivity index (χ2n) is 8.15. The number of nitrogens with one attached hydrogen (secondary N) is 2. The van der Waals surface area contributed by atoms with Crippen molar-refractivity contribution >= 4 is 29.6 Å². The highest BCUT2D eigenvalue weighted by Crippen LogP contribution is 2.20. The minimum absolute atomic E-state index is 0.0306. The van der Waals surface area contributed by atoms with Gasteiger partial charge < -0.3 is 22.5 Å². The Hall–Kier alpha value is -2.86. The van der Waals surface area contributed by atoms with Gasteiger partial charge in [0, 0.05) is 24.0 Å². The van der Waals surface area contributed by atoms with Crippen LogP contribution in [0, 0.1) is 0 Å². The van der Waals surface area contributed by atoms with Crippen molar-refractivity contribution in [1.29, 1.82) is 0 Å². The molecule has 0 saturated heterocycles. The zero-order valence-corrected chi connectivity index (χ0v) is 16.8. The van der Waals surface area contributed by atoms with Crippen molar-refractivity contribution in [2.45, 2.75) is 63.6 Å². The first-order chi connectivity index (χ1) is 13.7. The first-order valence-corrected chi connectivity index (χ1v) is 9.67. The summed E-state index contributed by atoms with van der Waals surface area (Å²) in [5.74, 6) is 0.860. The molecule has 1 saturated carbocycles. The molecule has 0 bridgehead atoms. The molecule has 1 aliphatic heterocycles. The van der Waals surface area contributed by atoms with E-state index in [0.29, 0.717) is 18.2 Å². The number of nitrogens with two attached hydrogens (primary N) is 3. The fraction of sp³-hybridized carbons (Fsp3) is 0.647. The van der Waals surface area contributed by atoms with Gasteiger partial charge in [-0.1, -0.05) is 0 Å². The zero-order chi connectivity index (χ0) is 21.0. The number of carbonyl (C=O) groups excluding carboxylic acids is 1. The molecule has 8 N–H and O–H groups in total. The molecule has 1 fully saturated rings. The Labute approximate surface area is 169 Å². The number of aromatic nitrogens is 3. The van der Waals surface area contributed by atoms with Crippen LogP contribution in [0.1, 0.15) is 46.0 Å². The van der Waals surface area contributed by atoms with E-state index in [9.17, 15) is 4.79 Å². The number of aliphatic imine (C=N–C) groups is 2. The van der Waals surface area contributed by atoms with Gasteiger partial charge in [-0.05, 0) is 39.5 Å². The summed E-state index contributed by atoms with van der Waals surface area (Å²) in [4.78, 5) is 32.3. The molecular weight excluding hydrogens is 374 g/mol. The van der Waals surface area contributed by atoms with Crippen LogP contribution in [0.2, 0.25) is 0 Å². The number of carbonyl (C=O) groups is 1. The number of anilines is 1. The van der Waals surface area contributed by atoms with Crippen LogP contribution in [0.3, 0.4) is 0 Å². The van der Waals surface area contributed by atoms with Gasteiger partial charge in [0.2, 0.25) is 11.9 Å². The third-order valence-corrected chi connectivity index (χ3v) is 4.61. The molecule has 1 amide bonds. The molecule has 1 aromatic rings. The molecular formula is C17H29N11O.